The maximum absolute atomic E-state index is 13.6. The molecule has 1 atom stereocenters. The summed E-state index contributed by atoms with van der Waals surface area (Å²) in [4.78, 5) is 39.2. The van der Waals surface area contributed by atoms with Gasteiger partial charge in [-0.25, -0.2) is 0 Å². The Kier molecular flexibility index (Phi) is 9.48. The van der Waals surface area contributed by atoms with Crippen LogP contribution >= 0.6 is 11.8 Å². The number of benzene rings is 3. The molecule has 1 aromatic heterocycles. The van der Waals surface area contributed by atoms with Crippen molar-refractivity contribution in [2.24, 2.45) is 0 Å². The van der Waals surface area contributed by atoms with E-state index >= 15 is 0 Å². The number of rotatable bonds is 9. The molecule has 1 heterocycles. The molecule has 0 aliphatic heterocycles. The fraction of sp³-hybridized carbons (Fsp3) is 0.133. The number of hydrogen-bond acceptors (Lipinski definition) is 6. The van der Waals surface area contributed by atoms with Gasteiger partial charge in [-0.15, -0.1) is 11.8 Å². The monoisotopic (exact) mass is 594 g/mol. The summed E-state index contributed by atoms with van der Waals surface area (Å²) in [5, 5.41) is 10.9. The molecule has 0 bridgehead atoms. The second-order valence-corrected chi connectivity index (χ2v) is 10.4. The summed E-state index contributed by atoms with van der Waals surface area (Å²) in [6, 6.07) is 20.8. The largest absolute Gasteiger partial charge is 0.416 e. The van der Waals surface area contributed by atoms with Crippen molar-refractivity contribution in [3.8, 4) is 0 Å². The van der Waals surface area contributed by atoms with Crippen LogP contribution in [0.3, 0.4) is 0 Å². The third-order valence-electron chi connectivity index (χ3n) is 5.77. The van der Waals surface area contributed by atoms with Gasteiger partial charge in [0, 0.05) is 22.2 Å². The van der Waals surface area contributed by atoms with Crippen LogP contribution in [0.1, 0.15) is 34.2 Å². The number of nitrogens with one attached hydrogen (secondary N) is 3. The van der Waals surface area contributed by atoms with Gasteiger partial charge in [-0.1, -0.05) is 41.6 Å². The highest BCUT2D eigenvalue weighted by Crippen LogP contribution is 2.33. The maximum Gasteiger partial charge on any atom is 0.416 e. The molecule has 0 saturated heterocycles. The van der Waals surface area contributed by atoms with Gasteiger partial charge in [-0.3, -0.25) is 14.4 Å². The van der Waals surface area contributed by atoms with E-state index in [0.717, 1.165) is 17.0 Å². The number of aryl methyl sites for hydroxylation is 1. The van der Waals surface area contributed by atoms with E-state index in [1.54, 1.807) is 62.4 Å². The van der Waals surface area contributed by atoms with Crippen LogP contribution in [-0.4, -0.2) is 28.1 Å². The van der Waals surface area contributed by atoms with E-state index in [9.17, 15) is 27.6 Å². The lowest BCUT2D eigenvalue weighted by Crippen LogP contribution is -2.30. The first kappa shape index (κ1) is 30.1. The molecule has 0 spiro atoms. The van der Waals surface area contributed by atoms with Crippen molar-refractivity contribution in [1.82, 2.24) is 10.5 Å². The molecular weight excluding hydrogens is 569 g/mol. The summed E-state index contributed by atoms with van der Waals surface area (Å²) >= 11 is 1.27. The molecule has 4 rings (SSSR count). The zero-order valence-corrected chi connectivity index (χ0v) is 23.2. The lowest BCUT2D eigenvalue weighted by molar-refractivity contribution is -0.137. The number of nitrogens with zero attached hydrogens (tertiary/aromatic N) is 1. The number of aromatic nitrogens is 1. The Bertz CT molecular complexity index is 1600. The first-order chi connectivity index (χ1) is 20.0. The van der Waals surface area contributed by atoms with Crippen molar-refractivity contribution in [3.05, 3.63) is 113 Å². The van der Waals surface area contributed by atoms with Crippen LogP contribution in [0.5, 0.6) is 0 Å². The molecule has 12 heteroatoms. The normalized spacial score (nSPS) is 12.4. The minimum absolute atomic E-state index is 0.221. The van der Waals surface area contributed by atoms with Gasteiger partial charge < -0.3 is 20.5 Å². The molecule has 3 aromatic carbocycles. The quantitative estimate of drug-likeness (QED) is 0.150. The average Bonchev–Trinajstić information content (AvgIpc) is 3.37. The molecule has 4 aromatic rings. The fourth-order valence-corrected chi connectivity index (χ4v) is 4.57. The van der Waals surface area contributed by atoms with Crippen LogP contribution in [0.15, 0.2) is 100 Å². The van der Waals surface area contributed by atoms with E-state index in [4.69, 9.17) is 4.52 Å². The molecule has 3 N–H and O–H groups in total. The molecule has 8 nitrogen and oxygen atoms in total. The summed E-state index contributed by atoms with van der Waals surface area (Å²) in [5.41, 5.74) is -1.08. The zero-order chi connectivity index (χ0) is 30.3. The lowest BCUT2D eigenvalue weighted by Gasteiger charge is -2.14. The number of anilines is 2. The van der Waals surface area contributed by atoms with Crippen molar-refractivity contribution in [2.75, 3.05) is 10.6 Å². The Morgan fingerprint density at radius 3 is 2.24 bits per heavy atom. The topological polar surface area (TPSA) is 113 Å². The first-order valence-electron chi connectivity index (χ1n) is 12.6. The number of hydrogen-bond donors (Lipinski definition) is 3. The summed E-state index contributed by atoms with van der Waals surface area (Å²) < 4.78 is 45.8. The first-order valence-corrected chi connectivity index (χ1v) is 13.4. The van der Waals surface area contributed by atoms with E-state index in [2.05, 4.69) is 21.1 Å². The third kappa shape index (κ3) is 8.10. The Labute approximate surface area is 243 Å². The predicted molar refractivity (Wildman–Crippen MR) is 154 cm³/mol. The Balaban J connectivity index is 1.50. The van der Waals surface area contributed by atoms with Crippen LogP contribution in [-0.2, 0) is 15.8 Å². The van der Waals surface area contributed by atoms with Crippen LogP contribution < -0.4 is 16.0 Å². The summed E-state index contributed by atoms with van der Waals surface area (Å²) in [6.45, 7) is 3.42. The minimum Gasteiger partial charge on any atom is -0.360 e. The van der Waals surface area contributed by atoms with Crippen LogP contribution in [0.4, 0.5) is 24.7 Å². The van der Waals surface area contributed by atoms with Crippen molar-refractivity contribution >= 4 is 47.1 Å². The molecule has 0 fully saturated rings. The SMILES string of the molecule is Cc1cc(NC(=O)C(C)Sc2ccc(NC(=O)/C(=C/c3ccccc3C(F)(F)F)NC(=O)c3ccccc3)cc2)no1. The Morgan fingerprint density at radius 2 is 1.60 bits per heavy atom. The molecule has 1 unspecified atom stereocenters. The summed E-state index contributed by atoms with van der Waals surface area (Å²) in [5.74, 6) is -0.906. The van der Waals surface area contributed by atoms with Crippen LogP contribution in [0.25, 0.3) is 6.08 Å². The van der Waals surface area contributed by atoms with Gasteiger partial charge in [0.1, 0.15) is 11.5 Å². The smallest absolute Gasteiger partial charge is 0.360 e. The van der Waals surface area contributed by atoms with Crippen LogP contribution in [0, 0.1) is 6.92 Å². The summed E-state index contributed by atoms with van der Waals surface area (Å²) in [6.07, 6.45) is -3.69. The van der Waals surface area contributed by atoms with Gasteiger partial charge in [-0.05, 0) is 68.0 Å². The molecule has 42 heavy (non-hydrogen) atoms. The van der Waals surface area contributed by atoms with Gasteiger partial charge >= 0.3 is 6.18 Å². The third-order valence-corrected chi connectivity index (χ3v) is 6.88. The molecule has 0 radical (unpaired) electrons. The zero-order valence-electron chi connectivity index (χ0n) is 22.4. The summed E-state index contributed by atoms with van der Waals surface area (Å²) in [7, 11) is 0. The number of amides is 3. The standard InChI is InChI=1S/C30H25F3N4O4S/c1-18-16-26(37-41-18)36-27(38)19(2)42-23-14-12-22(13-15-23)34-29(40)25(35-28(39)20-8-4-3-5-9-20)17-21-10-6-7-11-24(21)30(31,32)33/h3-17,19H,1-2H3,(H,34,40)(H,35,39)(H,36,37,38)/b25-17-. The fourth-order valence-electron chi connectivity index (χ4n) is 3.71. The molecule has 3 amide bonds. The minimum atomic E-state index is -4.67. The van der Waals surface area contributed by atoms with Gasteiger partial charge in [0.15, 0.2) is 5.82 Å². The highest BCUT2D eigenvalue weighted by Gasteiger charge is 2.33. The predicted octanol–water partition coefficient (Wildman–Crippen LogP) is 6.53. The molecule has 216 valence electrons. The van der Waals surface area contributed by atoms with Crippen molar-refractivity contribution in [2.45, 2.75) is 30.2 Å². The van der Waals surface area contributed by atoms with Gasteiger partial charge in [0.05, 0.1) is 10.8 Å². The lowest BCUT2D eigenvalue weighted by atomic mass is 10.1. The Morgan fingerprint density at radius 1 is 0.929 bits per heavy atom. The second kappa shape index (κ2) is 13.2. The second-order valence-electron chi connectivity index (χ2n) is 9.01. The number of halogens is 3. The van der Waals surface area contributed by atoms with Gasteiger partial charge in [0.2, 0.25) is 5.91 Å². The van der Waals surface area contributed by atoms with Gasteiger partial charge in [-0.2, -0.15) is 13.2 Å². The number of carbonyl (C=O) groups is 3. The highest BCUT2D eigenvalue weighted by molar-refractivity contribution is 8.00. The van der Waals surface area contributed by atoms with Crippen LogP contribution in [0.2, 0.25) is 0 Å². The van der Waals surface area contributed by atoms with E-state index in [1.165, 1.54) is 42.1 Å². The average molecular weight is 595 g/mol. The molecule has 0 aliphatic carbocycles. The van der Waals surface area contributed by atoms with E-state index in [-0.39, 0.29) is 22.7 Å². The molecular formula is C30H25F3N4O4S. The number of thioether (sulfide) groups is 1. The van der Waals surface area contributed by atoms with Crippen molar-refractivity contribution < 1.29 is 32.1 Å². The van der Waals surface area contributed by atoms with Crippen molar-refractivity contribution in [1.29, 1.82) is 0 Å². The van der Waals surface area contributed by atoms with Crippen molar-refractivity contribution in [3.63, 3.8) is 0 Å². The van der Waals surface area contributed by atoms with E-state index in [1.807, 2.05) is 0 Å². The van der Waals surface area contributed by atoms with E-state index < -0.39 is 28.8 Å². The molecule has 0 saturated carbocycles. The van der Waals surface area contributed by atoms with Gasteiger partial charge in [0.25, 0.3) is 11.8 Å². The molecule has 0 aliphatic rings. The Hall–Kier alpha value is -4.84. The van der Waals surface area contributed by atoms with E-state index in [0.29, 0.717) is 17.3 Å². The number of alkyl halides is 3. The maximum atomic E-state index is 13.6. The highest BCUT2D eigenvalue weighted by atomic mass is 32.2. The number of carbonyl (C=O) groups excluding carboxylic acids is 3.